The zero-order valence-corrected chi connectivity index (χ0v) is 9.44. The molecule has 0 rings (SSSR count). The van der Waals surface area contributed by atoms with Crippen molar-refractivity contribution in [2.24, 2.45) is 5.92 Å². The molecule has 0 spiro atoms. The van der Waals surface area contributed by atoms with Crippen LogP contribution in [0.25, 0.3) is 0 Å². The molecule has 0 saturated heterocycles. The third-order valence-electron chi connectivity index (χ3n) is 2.18. The van der Waals surface area contributed by atoms with Gasteiger partial charge in [0.05, 0.1) is 0 Å². The lowest BCUT2D eigenvalue weighted by Gasteiger charge is -2.09. The largest absolute Gasteiger partial charge is 0.381 e. The maximum Gasteiger partial charge on any atom is 0.0478 e. The molecule has 1 N–H and O–H groups in total. The second-order valence-electron chi connectivity index (χ2n) is 3.68. The van der Waals surface area contributed by atoms with Crippen LogP contribution in [0.5, 0.6) is 0 Å². The Hall–Kier alpha value is -0.0800. The highest BCUT2D eigenvalue weighted by Crippen LogP contribution is 1.96. The Morgan fingerprint density at radius 1 is 1.23 bits per heavy atom. The molecule has 0 amide bonds. The fraction of sp³-hybridized carbons (Fsp3) is 1.00. The van der Waals surface area contributed by atoms with Crippen LogP contribution in [-0.2, 0) is 4.74 Å². The average Bonchev–Trinajstić information content (AvgIpc) is 2.16. The standard InChI is InChI=1S/C11H25NO/c1-4-8-13-9-6-7-12-10-11(3)5-2/h11-12H,4-10H2,1-3H3. The predicted octanol–water partition coefficient (Wildman–Crippen LogP) is 2.44. The Kier molecular flexibility index (Phi) is 9.94. The van der Waals surface area contributed by atoms with Crippen molar-refractivity contribution in [1.29, 1.82) is 0 Å². The molecule has 2 nitrogen and oxygen atoms in total. The minimum atomic E-state index is 0.802. The van der Waals surface area contributed by atoms with Crippen LogP contribution in [0, 0.1) is 5.92 Å². The van der Waals surface area contributed by atoms with Gasteiger partial charge in [0.2, 0.25) is 0 Å². The van der Waals surface area contributed by atoms with Crippen LogP contribution in [0.2, 0.25) is 0 Å². The van der Waals surface area contributed by atoms with Crippen LogP contribution < -0.4 is 5.32 Å². The van der Waals surface area contributed by atoms with Crippen LogP contribution in [0.1, 0.15) is 40.0 Å². The summed E-state index contributed by atoms with van der Waals surface area (Å²) < 4.78 is 5.38. The molecular formula is C11H25NO. The Morgan fingerprint density at radius 2 is 2.00 bits per heavy atom. The van der Waals surface area contributed by atoms with Crippen LogP contribution in [0.15, 0.2) is 0 Å². The lowest BCUT2D eigenvalue weighted by Crippen LogP contribution is -2.22. The average molecular weight is 187 g/mol. The summed E-state index contributed by atoms with van der Waals surface area (Å²) in [5, 5.41) is 3.43. The zero-order valence-electron chi connectivity index (χ0n) is 9.44. The van der Waals surface area contributed by atoms with E-state index in [0.717, 1.165) is 45.1 Å². The maximum atomic E-state index is 5.38. The summed E-state index contributed by atoms with van der Waals surface area (Å²) in [5.41, 5.74) is 0. The number of ether oxygens (including phenoxy) is 1. The summed E-state index contributed by atoms with van der Waals surface area (Å²) in [6.45, 7) is 10.7. The van der Waals surface area contributed by atoms with E-state index in [4.69, 9.17) is 4.74 Å². The normalized spacial score (nSPS) is 13.2. The van der Waals surface area contributed by atoms with Crippen molar-refractivity contribution < 1.29 is 4.74 Å². The lowest BCUT2D eigenvalue weighted by atomic mass is 10.1. The molecule has 0 aromatic rings. The first-order valence-electron chi connectivity index (χ1n) is 5.59. The molecule has 0 aromatic heterocycles. The number of hydrogen-bond acceptors (Lipinski definition) is 2. The summed E-state index contributed by atoms with van der Waals surface area (Å²) >= 11 is 0. The third kappa shape index (κ3) is 9.84. The SMILES string of the molecule is CCCOCCCNCC(C)CC. The van der Waals surface area contributed by atoms with Crippen LogP contribution in [0.4, 0.5) is 0 Å². The summed E-state index contributed by atoms with van der Waals surface area (Å²) in [6.07, 6.45) is 3.52. The highest BCUT2D eigenvalue weighted by Gasteiger charge is 1.96. The van der Waals surface area contributed by atoms with Gasteiger partial charge in [0.25, 0.3) is 0 Å². The fourth-order valence-corrected chi connectivity index (χ4v) is 1.04. The van der Waals surface area contributed by atoms with Gasteiger partial charge in [-0.25, -0.2) is 0 Å². The maximum absolute atomic E-state index is 5.38. The molecule has 0 bridgehead atoms. The van der Waals surface area contributed by atoms with Gasteiger partial charge < -0.3 is 10.1 Å². The first-order valence-corrected chi connectivity index (χ1v) is 5.59. The molecule has 0 aromatic carbocycles. The molecule has 0 aliphatic rings. The highest BCUT2D eigenvalue weighted by atomic mass is 16.5. The van der Waals surface area contributed by atoms with E-state index in [1.54, 1.807) is 0 Å². The Morgan fingerprint density at radius 3 is 2.62 bits per heavy atom. The Labute approximate surface area is 83.1 Å². The van der Waals surface area contributed by atoms with Gasteiger partial charge in [-0.3, -0.25) is 0 Å². The molecule has 2 heteroatoms. The Bertz CT molecular complexity index is 96.1. The lowest BCUT2D eigenvalue weighted by molar-refractivity contribution is 0.132. The highest BCUT2D eigenvalue weighted by molar-refractivity contribution is 4.54. The van der Waals surface area contributed by atoms with Crippen molar-refractivity contribution >= 4 is 0 Å². The molecule has 0 fully saturated rings. The number of nitrogens with one attached hydrogen (secondary N) is 1. The van der Waals surface area contributed by atoms with Gasteiger partial charge >= 0.3 is 0 Å². The van der Waals surface area contributed by atoms with Crippen molar-refractivity contribution in [2.45, 2.75) is 40.0 Å². The van der Waals surface area contributed by atoms with Gasteiger partial charge in [-0.05, 0) is 31.8 Å². The second kappa shape index (κ2) is 10.0. The van der Waals surface area contributed by atoms with E-state index in [0.29, 0.717) is 0 Å². The van der Waals surface area contributed by atoms with Gasteiger partial charge in [-0.2, -0.15) is 0 Å². The summed E-state index contributed by atoms with van der Waals surface area (Å²) in [6, 6.07) is 0. The van der Waals surface area contributed by atoms with E-state index in [1.165, 1.54) is 6.42 Å². The van der Waals surface area contributed by atoms with E-state index in [2.05, 4.69) is 26.1 Å². The van der Waals surface area contributed by atoms with Crippen molar-refractivity contribution in [2.75, 3.05) is 26.3 Å². The number of hydrogen-bond donors (Lipinski definition) is 1. The smallest absolute Gasteiger partial charge is 0.0478 e. The quantitative estimate of drug-likeness (QED) is 0.560. The van der Waals surface area contributed by atoms with E-state index in [9.17, 15) is 0 Å². The number of rotatable bonds is 9. The molecule has 0 saturated carbocycles. The van der Waals surface area contributed by atoms with Gasteiger partial charge in [0.15, 0.2) is 0 Å². The van der Waals surface area contributed by atoms with Gasteiger partial charge in [0, 0.05) is 13.2 Å². The van der Waals surface area contributed by atoms with Crippen LogP contribution in [0.3, 0.4) is 0 Å². The molecular weight excluding hydrogens is 162 g/mol. The summed E-state index contributed by atoms with van der Waals surface area (Å²) in [5.74, 6) is 0.802. The van der Waals surface area contributed by atoms with E-state index in [1.807, 2.05) is 0 Å². The molecule has 13 heavy (non-hydrogen) atoms. The molecule has 80 valence electrons. The molecule has 0 aliphatic heterocycles. The molecule has 0 radical (unpaired) electrons. The molecule has 1 atom stereocenters. The van der Waals surface area contributed by atoms with E-state index >= 15 is 0 Å². The van der Waals surface area contributed by atoms with Crippen molar-refractivity contribution in [3.63, 3.8) is 0 Å². The van der Waals surface area contributed by atoms with Gasteiger partial charge in [0.1, 0.15) is 0 Å². The first kappa shape index (κ1) is 12.9. The fourth-order valence-electron chi connectivity index (χ4n) is 1.04. The Balaban J connectivity index is 2.91. The monoisotopic (exact) mass is 187 g/mol. The molecule has 1 unspecified atom stereocenters. The van der Waals surface area contributed by atoms with E-state index < -0.39 is 0 Å². The summed E-state index contributed by atoms with van der Waals surface area (Å²) in [4.78, 5) is 0. The molecule has 0 heterocycles. The third-order valence-corrected chi connectivity index (χ3v) is 2.18. The van der Waals surface area contributed by atoms with Crippen LogP contribution in [-0.4, -0.2) is 26.3 Å². The van der Waals surface area contributed by atoms with Gasteiger partial charge in [-0.15, -0.1) is 0 Å². The predicted molar refractivity (Wildman–Crippen MR) is 58.1 cm³/mol. The topological polar surface area (TPSA) is 21.3 Å². The van der Waals surface area contributed by atoms with Crippen molar-refractivity contribution in [3.05, 3.63) is 0 Å². The first-order chi connectivity index (χ1) is 6.31. The zero-order chi connectivity index (χ0) is 9.94. The van der Waals surface area contributed by atoms with Crippen molar-refractivity contribution in [1.82, 2.24) is 5.32 Å². The van der Waals surface area contributed by atoms with Crippen molar-refractivity contribution in [3.8, 4) is 0 Å². The minimum Gasteiger partial charge on any atom is -0.381 e. The van der Waals surface area contributed by atoms with Crippen LogP contribution >= 0.6 is 0 Å². The van der Waals surface area contributed by atoms with Gasteiger partial charge in [-0.1, -0.05) is 27.2 Å². The van der Waals surface area contributed by atoms with E-state index in [-0.39, 0.29) is 0 Å². The minimum absolute atomic E-state index is 0.802. The molecule has 0 aliphatic carbocycles. The second-order valence-corrected chi connectivity index (χ2v) is 3.68. The summed E-state index contributed by atoms with van der Waals surface area (Å²) in [7, 11) is 0.